The van der Waals surface area contributed by atoms with Crippen molar-refractivity contribution in [3.05, 3.63) is 73.6 Å². The lowest BCUT2D eigenvalue weighted by Crippen LogP contribution is -2.27. The Hall–Kier alpha value is -2.84. The summed E-state index contributed by atoms with van der Waals surface area (Å²) in [5.74, 6) is -0.977. The highest BCUT2D eigenvalue weighted by Gasteiger charge is 2.35. The Morgan fingerprint density at radius 2 is 1.96 bits per heavy atom. The third-order valence-electron chi connectivity index (χ3n) is 3.65. The Bertz CT molecular complexity index is 960. The molecule has 1 saturated heterocycles. The van der Waals surface area contributed by atoms with Gasteiger partial charge in [-0.1, -0.05) is 35.9 Å². The first kappa shape index (κ1) is 18.0. The van der Waals surface area contributed by atoms with Crippen molar-refractivity contribution in [2.75, 3.05) is 0 Å². The van der Waals surface area contributed by atoms with E-state index in [1.807, 2.05) is 0 Å². The maximum Gasteiger partial charge on any atom is 0.311 e. The molecule has 1 aliphatic heterocycles. The summed E-state index contributed by atoms with van der Waals surface area (Å²) in [5, 5.41) is 20.4. The van der Waals surface area contributed by atoms with Crippen molar-refractivity contribution in [3.63, 3.8) is 0 Å². The van der Waals surface area contributed by atoms with Crippen LogP contribution in [-0.4, -0.2) is 26.1 Å². The summed E-state index contributed by atoms with van der Waals surface area (Å²) in [4.78, 5) is 36.0. The van der Waals surface area contributed by atoms with E-state index in [9.17, 15) is 24.8 Å². The van der Waals surface area contributed by atoms with Gasteiger partial charge in [-0.15, -0.1) is 0 Å². The second kappa shape index (κ2) is 7.19. The molecule has 2 aromatic rings. The van der Waals surface area contributed by atoms with E-state index in [1.165, 1.54) is 12.1 Å². The van der Waals surface area contributed by atoms with Crippen LogP contribution in [0.3, 0.4) is 0 Å². The van der Waals surface area contributed by atoms with Crippen molar-refractivity contribution in [1.82, 2.24) is 4.90 Å². The van der Waals surface area contributed by atoms with E-state index in [1.54, 1.807) is 24.3 Å². The van der Waals surface area contributed by atoms with Gasteiger partial charge in [0.2, 0.25) is 0 Å². The van der Waals surface area contributed by atoms with E-state index in [0.717, 1.165) is 28.8 Å². The van der Waals surface area contributed by atoms with E-state index in [0.29, 0.717) is 16.1 Å². The molecule has 0 spiro atoms. The highest BCUT2D eigenvalue weighted by atomic mass is 35.5. The first-order valence-electron chi connectivity index (χ1n) is 7.33. The third kappa shape index (κ3) is 3.56. The van der Waals surface area contributed by atoms with Gasteiger partial charge in [-0.2, -0.15) is 0 Å². The van der Waals surface area contributed by atoms with Gasteiger partial charge in [-0.25, -0.2) is 0 Å². The van der Waals surface area contributed by atoms with Crippen LogP contribution < -0.4 is 0 Å². The molecule has 26 heavy (non-hydrogen) atoms. The predicted octanol–water partition coefficient (Wildman–Crippen LogP) is 4.19. The maximum atomic E-state index is 12.5. The first-order chi connectivity index (χ1) is 12.4. The predicted molar refractivity (Wildman–Crippen MR) is 97.7 cm³/mol. The molecular weight excluding hydrogens is 380 g/mol. The molecule has 0 radical (unpaired) electrons. The van der Waals surface area contributed by atoms with Gasteiger partial charge in [-0.05, 0) is 41.1 Å². The van der Waals surface area contributed by atoms with Crippen LogP contribution in [-0.2, 0) is 11.3 Å². The fraction of sp³-hybridized carbons (Fsp3) is 0.0588. The van der Waals surface area contributed by atoms with Gasteiger partial charge < -0.3 is 5.11 Å². The highest BCUT2D eigenvalue weighted by Crippen LogP contribution is 2.35. The molecule has 1 N–H and O–H groups in total. The quantitative estimate of drug-likeness (QED) is 0.477. The lowest BCUT2D eigenvalue weighted by Gasteiger charge is -2.13. The fourth-order valence-corrected chi connectivity index (χ4v) is 3.39. The van der Waals surface area contributed by atoms with E-state index in [-0.39, 0.29) is 11.4 Å². The minimum absolute atomic E-state index is 0.0391. The number of carbonyl (C=O) groups is 2. The van der Waals surface area contributed by atoms with Crippen LogP contribution in [0, 0.1) is 10.1 Å². The molecule has 7 nitrogen and oxygen atoms in total. The summed E-state index contributed by atoms with van der Waals surface area (Å²) in [6.45, 7) is 0.0391. The molecule has 3 rings (SSSR count). The molecule has 1 heterocycles. The van der Waals surface area contributed by atoms with Crippen LogP contribution in [0.2, 0.25) is 5.02 Å². The van der Waals surface area contributed by atoms with Crippen molar-refractivity contribution >= 4 is 46.3 Å². The smallest absolute Gasteiger partial charge is 0.311 e. The molecular formula is C17H11ClN2O5S. The summed E-state index contributed by atoms with van der Waals surface area (Å²) in [5.41, 5.74) is 0.491. The molecule has 1 fully saturated rings. The Morgan fingerprint density at radius 1 is 1.23 bits per heavy atom. The van der Waals surface area contributed by atoms with Gasteiger partial charge in [0, 0.05) is 11.1 Å². The number of nitro groups is 1. The molecule has 0 unspecified atom stereocenters. The normalized spacial score (nSPS) is 15.7. The molecule has 1 aliphatic rings. The average molecular weight is 391 g/mol. The zero-order valence-electron chi connectivity index (χ0n) is 13.1. The number of amides is 2. The molecule has 0 bridgehead atoms. The van der Waals surface area contributed by atoms with Crippen molar-refractivity contribution in [2.24, 2.45) is 0 Å². The van der Waals surface area contributed by atoms with E-state index >= 15 is 0 Å². The van der Waals surface area contributed by atoms with E-state index in [4.69, 9.17) is 11.6 Å². The number of imide groups is 1. The van der Waals surface area contributed by atoms with Gasteiger partial charge in [0.25, 0.3) is 11.1 Å². The SMILES string of the molecule is O=C1S/C(=C\c2ccc(O)c([N+](=O)[O-])c2)C(=O)N1Cc1ccccc1Cl. The first-order valence-corrected chi connectivity index (χ1v) is 8.52. The minimum atomic E-state index is -0.726. The van der Waals surface area contributed by atoms with Crippen LogP contribution in [0.1, 0.15) is 11.1 Å². The molecule has 9 heteroatoms. The van der Waals surface area contributed by atoms with Gasteiger partial charge in [0.15, 0.2) is 5.75 Å². The number of aromatic hydroxyl groups is 1. The molecule has 2 aromatic carbocycles. The van der Waals surface area contributed by atoms with Crippen LogP contribution in [0.15, 0.2) is 47.4 Å². The fourth-order valence-electron chi connectivity index (χ4n) is 2.36. The summed E-state index contributed by atoms with van der Waals surface area (Å²) in [6, 6.07) is 10.6. The summed E-state index contributed by atoms with van der Waals surface area (Å²) in [7, 11) is 0. The Balaban J connectivity index is 1.87. The third-order valence-corrected chi connectivity index (χ3v) is 4.93. The van der Waals surface area contributed by atoms with Crippen molar-refractivity contribution in [2.45, 2.75) is 6.54 Å². The number of thioether (sulfide) groups is 1. The monoisotopic (exact) mass is 390 g/mol. The topological polar surface area (TPSA) is 101 Å². The van der Waals surface area contributed by atoms with Crippen LogP contribution >= 0.6 is 23.4 Å². The minimum Gasteiger partial charge on any atom is -0.502 e. The number of benzene rings is 2. The second-order valence-electron chi connectivity index (χ2n) is 5.36. The number of halogens is 1. The molecule has 0 aromatic heterocycles. The number of nitro benzene ring substituents is 1. The van der Waals surface area contributed by atoms with Crippen molar-refractivity contribution in [3.8, 4) is 5.75 Å². The summed E-state index contributed by atoms with van der Waals surface area (Å²) >= 11 is 6.81. The number of hydrogen-bond acceptors (Lipinski definition) is 6. The Labute approximate surface area is 157 Å². The van der Waals surface area contributed by atoms with E-state index < -0.39 is 27.5 Å². The zero-order chi connectivity index (χ0) is 18.8. The van der Waals surface area contributed by atoms with Crippen LogP contribution in [0.4, 0.5) is 10.5 Å². The standard InChI is InChI=1S/C17H11ClN2O5S/c18-12-4-2-1-3-11(12)9-19-16(22)15(26-17(19)23)8-10-5-6-14(21)13(7-10)20(24)25/h1-8,21H,9H2/b15-8-. The molecule has 0 atom stereocenters. The molecule has 0 saturated carbocycles. The number of nitrogens with zero attached hydrogens (tertiary/aromatic N) is 2. The van der Waals surface area contributed by atoms with Crippen LogP contribution in [0.25, 0.3) is 6.08 Å². The van der Waals surface area contributed by atoms with Gasteiger partial charge in [0.05, 0.1) is 16.4 Å². The summed E-state index contributed by atoms with van der Waals surface area (Å²) in [6.07, 6.45) is 1.38. The van der Waals surface area contributed by atoms with Gasteiger partial charge in [-0.3, -0.25) is 24.6 Å². The van der Waals surface area contributed by atoms with Gasteiger partial charge in [0.1, 0.15) is 0 Å². The lowest BCUT2D eigenvalue weighted by molar-refractivity contribution is -0.385. The summed E-state index contributed by atoms with van der Waals surface area (Å²) < 4.78 is 0. The Kier molecular flexibility index (Phi) is 4.97. The number of phenolic OH excluding ortho intramolecular Hbond substituents is 1. The van der Waals surface area contributed by atoms with Crippen molar-refractivity contribution in [1.29, 1.82) is 0 Å². The molecule has 132 valence electrons. The van der Waals surface area contributed by atoms with Gasteiger partial charge >= 0.3 is 5.69 Å². The highest BCUT2D eigenvalue weighted by molar-refractivity contribution is 8.18. The number of phenols is 1. The average Bonchev–Trinajstić information content (AvgIpc) is 2.85. The van der Waals surface area contributed by atoms with E-state index in [2.05, 4.69) is 0 Å². The number of rotatable bonds is 4. The van der Waals surface area contributed by atoms with Crippen molar-refractivity contribution < 1.29 is 19.6 Å². The maximum absolute atomic E-state index is 12.5. The lowest BCUT2D eigenvalue weighted by atomic mass is 10.1. The molecule has 0 aliphatic carbocycles. The zero-order valence-corrected chi connectivity index (χ0v) is 14.7. The largest absolute Gasteiger partial charge is 0.502 e. The number of hydrogen-bond donors (Lipinski definition) is 1. The number of carbonyl (C=O) groups excluding carboxylic acids is 2. The Morgan fingerprint density at radius 3 is 2.65 bits per heavy atom. The molecule has 2 amide bonds. The second-order valence-corrected chi connectivity index (χ2v) is 6.76. The van der Waals surface area contributed by atoms with Crippen LogP contribution in [0.5, 0.6) is 5.75 Å².